The number of rotatable bonds is 5. The molecule has 1 fully saturated rings. The number of nitrogens with zero attached hydrogens (tertiary/aromatic N) is 4. The molecule has 2 atom stereocenters. The van der Waals surface area contributed by atoms with Crippen LogP contribution in [0.1, 0.15) is 84.5 Å². The number of aromatic nitrogens is 3. The van der Waals surface area contributed by atoms with Crippen LogP contribution in [0.3, 0.4) is 0 Å². The summed E-state index contributed by atoms with van der Waals surface area (Å²) >= 11 is -1.41. The van der Waals surface area contributed by atoms with Gasteiger partial charge in [0, 0.05) is 18.4 Å². The molecule has 1 aliphatic rings. The Morgan fingerprint density at radius 3 is 2.56 bits per heavy atom. The third kappa shape index (κ3) is 7.11. The summed E-state index contributed by atoms with van der Waals surface area (Å²) < 4.78 is 50.3. The topological polar surface area (TPSA) is 104 Å². The highest BCUT2D eigenvalue weighted by molar-refractivity contribution is 7.91. The average Bonchev–Trinajstić information content (AvgIpc) is 3.11. The van der Waals surface area contributed by atoms with Gasteiger partial charge in [0.2, 0.25) is 5.92 Å². The van der Waals surface area contributed by atoms with Crippen LogP contribution in [0.2, 0.25) is 0 Å². The average molecular weight is 498 g/mol. The lowest BCUT2D eigenvalue weighted by atomic mass is 9.81. The number of imidazole rings is 1. The van der Waals surface area contributed by atoms with Crippen LogP contribution in [0.15, 0.2) is 22.9 Å². The van der Waals surface area contributed by atoms with Crippen LogP contribution < -0.4 is 5.32 Å². The first-order valence-corrected chi connectivity index (χ1v) is 12.4. The Hall–Kier alpha value is -2.27. The SMILES string of the molecule is CC(C)(C)OC(=O)NC(c1cn2ncc(C=N[S+]([O-])C(C)(C)C)cc2n1)C1CCC(F)(F)CC1. The van der Waals surface area contributed by atoms with Gasteiger partial charge in [-0.3, -0.25) is 0 Å². The molecule has 2 unspecified atom stereocenters. The molecule has 1 N–H and O–H groups in total. The number of amides is 1. The molecule has 0 radical (unpaired) electrons. The zero-order valence-electron chi connectivity index (χ0n) is 20.5. The molecule has 34 heavy (non-hydrogen) atoms. The number of hydrogen-bond acceptors (Lipinski definition) is 6. The number of carbonyl (C=O) groups excluding carboxylic acids is 1. The molecule has 2 heterocycles. The van der Waals surface area contributed by atoms with Crippen molar-refractivity contribution in [3.05, 3.63) is 29.7 Å². The highest BCUT2D eigenvalue weighted by atomic mass is 32.2. The quantitative estimate of drug-likeness (QED) is 0.462. The van der Waals surface area contributed by atoms with Gasteiger partial charge in [-0.2, -0.15) is 5.10 Å². The van der Waals surface area contributed by atoms with Crippen molar-refractivity contribution in [2.75, 3.05) is 0 Å². The number of carbonyl (C=O) groups is 1. The maximum Gasteiger partial charge on any atom is 0.408 e. The summed E-state index contributed by atoms with van der Waals surface area (Å²) in [5.41, 5.74) is 0.936. The van der Waals surface area contributed by atoms with Crippen LogP contribution in [0, 0.1) is 5.92 Å². The van der Waals surface area contributed by atoms with Gasteiger partial charge in [0.1, 0.15) is 21.7 Å². The van der Waals surface area contributed by atoms with Crippen molar-refractivity contribution < 1.29 is 22.9 Å². The molecule has 11 heteroatoms. The Balaban J connectivity index is 1.87. The summed E-state index contributed by atoms with van der Waals surface area (Å²) in [5.74, 6) is -2.90. The second-order valence-corrected chi connectivity index (χ2v) is 12.6. The third-order valence-electron chi connectivity index (χ3n) is 5.41. The Kier molecular flexibility index (Phi) is 7.57. The maximum atomic E-state index is 13.8. The zero-order chi connectivity index (χ0) is 25.3. The minimum atomic E-state index is -2.69. The fourth-order valence-electron chi connectivity index (χ4n) is 3.66. The number of halogens is 2. The summed E-state index contributed by atoms with van der Waals surface area (Å²) in [6.45, 7) is 10.8. The lowest BCUT2D eigenvalue weighted by Gasteiger charge is -2.33. The van der Waals surface area contributed by atoms with E-state index in [1.807, 2.05) is 20.8 Å². The Bertz CT molecular complexity index is 1040. The second-order valence-electron chi connectivity index (χ2n) is 10.7. The van der Waals surface area contributed by atoms with Crippen molar-refractivity contribution in [3.63, 3.8) is 0 Å². The molecule has 2 aromatic rings. The van der Waals surface area contributed by atoms with Gasteiger partial charge >= 0.3 is 6.09 Å². The van der Waals surface area contributed by atoms with E-state index in [1.54, 1.807) is 43.7 Å². The predicted molar refractivity (Wildman–Crippen MR) is 127 cm³/mol. The fraction of sp³-hybridized carbons (Fsp3) is 0.652. The Morgan fingerprint density at radius 1 is 1.32 bits per heavy atom. The van der Waals surface area contributed by atoms with Crippen LogP contribution >= 0.6 is 0 Å². The highest BCUT2D eigenvalue weighted by Gasteiger charge is 2.39. The van der Waals surface area contributed by atoms with Gasteiger partial charge in [-0.25, -0.2) is 23.1 Å². The van der Waals surface area contributed by atoms with E-state index < -0.39 is 39.8 Å². The number of alkyl halides is 2. The molecule has 1 amide bonds. The minimum absolute atomic E-state index is 0.215. The third-order valence-corrected chi connectivity index (χ3v) is 6.75. The maximum absolute atomic E-state index is 13.8. The number of fused-ring (bicyclic) bond motifs is 1. The highest BCUT2D eigenvalue weighted by Crippen LogP contribution is 2.41. The monoisotopic (exact) mass is 497 g/mol. The summed E-state index contributed by atoms with van der Waals surface area (Å²) in [7, 11) is 0. The molecule has 1 saturated carbocycles. The molecule has 3 rings (SSSR count). The van der Waals surface area contributed by atoms with E-state index in [9.17, 15) is 18.1 Å². The minimum Gasteiger partial charge on any atom is -0.591 e. The van der Waals surface area contributed by atoms with Gasteiger partial charge in [0.15, 0.2) is 5.65 Å². The fourth-order valence-corrected chi connectivity index (χ4v) is 4.19. The van der Waals surface area contributed by atoms with E-state index in [-0.39, 0.29) is 31.6 Å². The molecule has 0 saturated heterocycles. The van der Waals surface area contributed by atoms with Crippen LogP contribution in [-0.4, -0.2) is 47.7 Å². The van der Waals surface area contributed by atoms with Gasteiger partial charge in [-0.05, 0) is 66.4 Å². The molecule has 0 spiro atoms. The smallest absolute Gasteiger partial charge is 0.408 e. The van der Waals surface area contributed by atoms with Gasteiger partial charge in [0.25, 0.3) is 0 Å². The molecule has 0 aliphatic heterocycles. The zero-order valence-corrected chi connectivity index (χ0v) is 21.3. The molecular weight excluding hydrogens is 464 g/mol. The van der Waals surface area contributed by atoms with E-state index in [4.69, 9.17) is 4.74 Å². The first-order valence-electron chi connectivity index (χ1n) is 11.3. The standard InChI is InChI=1S/C23H33F2N5O3S/c1-21(2,3)33-20(31)29-19(16-7-9-23(24,25)10-8-16)17-14-30-18(28-17)11-15(12-26-30)13-27-34(32)22(4,5)6/h11-14,16,19H,7-10H2,1-6H3,(H,29,31). The molecule has 0 aromatic carbocycles. The summed E-state index contributed by atoms with van der Waals surface area (Å²) in [6.07, 6.45) is 4.15. The first-order chi connectivity index (χ1) is 15.6. The largest absolute Gasteiger partial charge is 0.591 e. The van der Waals surface area contributed by atoms with Crippen molar-refractivity contribution in [1.29, 1.82) is 0 Å². The van der Waals surface area contributed by atoms with E-state index in [2.05, 4.69) is 19.8 Å². The van der Waals surface area contributed by atoms with E-state index in [0.717, 1.165) is 0 Å². The number of alkyl carbamates (subject to hydrolysis) is 1. The van der Waals surface area contributed by atoms with Gasteiger partial charge in [-0.15, -0.1) is 0 Å². The van der Waals surface area contributed by atoms with Gasteiger partial charge < -0.3 is 14.6 Å². The molecule has 2 aromatic heterocycles. The lowest BCUT2D eigenvalue weighted by molar-refractivity contribution is -0.0500. The summed E-state index contributed by atoms with van der Waals surface area (Å²) in [4.78, 5) is 17.1. The van der Waals surface area contributed by atoms with Crippen molar-refractivity contribution in [1.82, 2.24) is 19.9 Å². The molecule has 0 bridgehead atoms. The van der Waals surface area contributed by atoms with Crippen molar-refractivity contribution in [2.24, 2.45) is 10.3 Å². The van der Waals surface area contributed by atoms with E-state index in [0.29, 0.717) is 16.9 Å². The van der Waals surface area contributed by atoms with E-state index in [1.165, 1.54) is 6.21 Å². The van der Waals surface area contributed by atoms with Gasteiger partial charge in [0.05, 0.1) is 30.3 Å². The van der Waals surface area contributed by atoms with E-state index >= 15 is 0 Å². The first kappa shape index (κ1) is 26.3. The molecule has 8 nitrogen and oxygen atoms in total. The normalized spacial score (nSPS) is 19.3. The predicted octanol–water partition coefficient (Wildman–Crippen LogP) is 5.00. The summed E-state index contributed by atoms with van der Waals surface area (Å²) in [5, 5.41) is 7.17. The Morgan fingerprint density at radius 2 is 1.97 bits per heavy atom. The molecule has 188 valence electrons. The van der Waals surface area contributed by atoms with Crippen LogP contribution in [0.5, 0.6) is 0 Å². The Labute approximate surface area is 201 Å². The molecule has 1 aliphatic carbocycles. The van der Waals surface area contributed by atoms with Crippen LogP contribution in [0.25, 0.3) is 5.65 Å². The second kappa shape index (κ2) is 9.77. The number of ether oxygens (including phenoxy) is 1. The van der Waals surface area contributed by atoms with Crippen molar-refractivity contribution >= 4 is 29.3 Å². The number of nitrogens with one attached hydrogen (secondary N) is 1. The van der Waals surface area contributed by atoms with Crippen LogP contribution in [-0.2, 0) is 16.1 Å². The lowest BCUT2D eigenvalue weighted by Crippen LogP contribution is -2.40. The summed E-state index contributed by atoms with van der Waals surface area (Å²) in [6, 6.07) is 1.14. The molecular formula is C23H33F2N5O3S. The van der Waals surface area contributed by atoms with Crippen molar-refractivity contribution in [3.8, 4) is 0 Å². The van der Waals surface area contributed by atoms with Crippen LogP contribution in [0.4, 0.5) is 13.6 Å². The van der Waals surface area contributed by atoms with Gasteiger partial charge in [-0.1, -0.05) is 4.40 Å². The number of hydrogen-bond donors (Lipinski definition) is 1. The van der Waals surface area contributed by atoms with Crippen molar-refractivity contribution in [2.45, 2.75) is 89.5 Å².